The van der Waals surface area contributed by atoms with E-state index in [2.05, 4.69) is 15.9 Å². The standard InChI is InChI=1S/C16H12BrFO2/c1-20-13-7-8-14(15(18)10-13)16(19)9-4-11-2-5-12(17)6-3-11/h2-10H,1H3/b9-4+. The van der Waals surface area contributed by atoms with Crippen molar-refractivity contribution in [1.82, 2.24) is 0 Å². The van der Waals surface area contributed by atoms with E-state index in [1.807, 2.05) is 24.3 Å². The molecule has 2 nitrogen and oxygen atoms in total. The van der Waals surface area contributed by atoms with Gasteiger partial charge < -0.3 is 4.74 Å². The zero-order chi connectivity index (χ0) is 14.5. The van der Waals surface area contributed by atoms with Crippen molar-refractivity contribution >= 4 is 27.8 Å². The van der Waals surface area contributed by atoms with Crippen LogP contribution in [0.25, 0.3) is 6.08 Å². The van der Waals surface area contributed by atoms with Crippen LogP contribution in [-0.2, 0) is 0 Å². The van der Waals surface area contributed by atoms with E-state index in [0.717, 1.165) is 10.0 Å². The fourth-order valence-electron chi connectivity index (χ4n) is 1.66. The smallest absolute Gasteiger partial charge is 0.188 e. The number of carbonyl (C=O) groups is 1. The first-order valence-corrected chi connectivity index (χ1v) is 6.71. The highest BCUT2D eigenvalue weighted by Crippen LogP contribution is 2.17. The van der Waals surface area contributed by atoms with Crippen molar-refractivity contribution in [1.29, 1.82) is 0 Å². The summed E-state index contributed by atoms with van der Waals surface area (Å²) in [4.78, 5) is 11.9. The Morgan fingerprint density at radius 2 is 1.90 bits per heavy atom. The van der Waals surface area contributed by atoms with E-state index in [4.69, 9.17) is 4.74 Å². The monoisotopic (exact) mass is 334 g/mol. The second-order valence-electron chi connectivity index (χ2n) is 4.09. The molecule has 102 valence electrons. The summed E-state index contributed by atoms with van der Waals surface area (Å²) in [5.41, 5.74) is 0.898. The summed E-state index contributed by atoms with van der Waals surface area (Å²) in [6.07, 6.45) is 3.01. The second kappa shape index (κ2) is 6.48. The Balaban J connectivity index is 2.17. The molecular weight excluding hydrogens is 323 g/mol. The molecule has 0 heterocycles. The van der Waals surface area contributed by atoms with E-state index in [-0.39, 0.29) is 11.3 Å². The molecule has 20 heavy (non-hydrogen) atoms. The van der Waals surface area contributed by atoms with Crippen molar-refractivity contribution in [3.05, 3.63) is 70.0 Å². The van der Waals surface area contributed by atoms with Gasteiger partial charge >= 0.3 is 0 Å². The van der Waals surface area contributed by atoms with Gasteiger partial charge in [-0.1, -0.05) is 34.1 Å². The third kappa shape index (κ3) is 3.54. The van der Waals surface area contributed by atoms with E-state index in [1.54, 1.807) is 12.1 Å². The number of rotatable bonds is 4. The predicted octanol–water partition coefficient (Wildman–Crippen LogP) is 4.49. The number of carbonyl (C=O) groups excluding carboxylic acids is 1. The Morgan fingerprint density at radius 1 is 1.20 bits per heavy atom. The lowest BCUT2D eigenvalue weighted by Gasteiger charge is -2.02. The molecular formula is C16H12BrFO2. The van der Waals surface area contributed by atoms with Crippen LogP contribution in [0.15, 0.2) is 53.0 Å². The van der Waals surface area contributed by atoms with Crippen LogP contribution in [0, 0.1) is 5.82 Å². The minimum Gasteiger partial charge on any atom is -0.497 e. The largest absolute Gasteiger partial charge is 0.497 e. The van der Waals surface area contributed by atoms with Crippen LogP contribution in [0.5, 0.6) is 5.75 Å². The maximum atomic E-state index is 13.7. The topological polar surface area (TPSA) is 26.3 Å². The first-order valence-electron chi connectivity index (χ1n) is 5.91. The lowest BCUT2D eigenvalue weighted by molar-refractivity contribution is 0.104. The van der Waals surface area contributed by atoms with Gasteiger partial charge in [-0.15, -0.1) is 0 Å². The lowest BCUT2D eigenvalue weighted by Crippen LogP contribution is -1.99. The Bertz CT molecular complexity index is 648. The molecule has 2 aromatic carbocycles. The van der Waals surface area contributed by atoms with E-state index in [9.17, 15) is 9.18 Å². The highest BCUT2D eigenvalue weighted by molar-refractivity contribution is 9.10. The molecule has 0 amide bonds. The SMILES string of the molecule is COc1ccc(C(=O)/C=C/c2ccc(Br)cc2)c(F)c1. The summed E-state index contributed by atoms with van der Waals surface area (Å²) in [5, 5.41) is 0. The summed E-state index contributed by atoms with van der Waals surface area (Å²) in [7, 11) is 1.45. The van der Waals surface area contributed by atoms with Gasteiger partial charge in [0.2, 0.25) is 0 Å². The highest BCUT2D eigenvalue weighted by Gasteiger charge is 2.09. The van der Waals surface area contributed by atoms with E-state index < -0.39 is 5.82 Å². The molecule has 0 aliphatic carbocycles. The van der Waals surface area contributed by atoms with Gasteiger partial charge in [0.25, 0.3) is 0 Å². The third-order valence-electron chi connectivity index (χ3n) is 2.74. The maximum Gasteiger partial charge on any atom is 0.188 e. The summed E-state index contributed by atoms with van der Waals surface area (Å²) in [6, 6.07) is 11.6. The average molecular weight is 335 g/mol. The molecule has 0 radical (unpaired) electrons. The summed E-state index contributed by atoms with van der Waals surface area (Å²) < 4.78 is 19.6. The maximum absolute atomic E-state index is 13.7. The molecule has 0 N–H and O–H groups in total. The van der Waals surface area contributed by atoms with Crippen LogP contribution in [0.1, 0.15) is 15.9 Å². The second-order valence-corrected chi connectivity index (χ2v) is 5.01. The highest BCUT2D eigenvalue weighted by atomic mass is 79.9. The van der Waals surface area contributed by atoms with Crippen LogP contribution < -0.4 is 4.74 Å². The van der Waals surface area contributed by atoms with Crippen molar-refractivity contribution in [2.75, 3.05) is 7.11 Å². The number of benzene rings is 2. The fraction of sp³-hybridized carbons (Fsp3) is 0.0625. The Hall–Kier alpha value is -1.94. The molecule has 0 unspecified atom stereocenters. The zero-order valence-corrected chi connectivity index (χ0v) is 12.4. The van der Waals surface area contributed by atoms with Gasteiger partial charge in [-0.2, -0.15) is 0 Å². The van der Waals surface area contributed by atoms with Gasteiger partial charge in [0, 0.05) is 10.5 Å². The lowest BCUT2D eigenvalue weighted by atomic mass is 10.1. The fourth-order valence-corrected chi connectivity index (χ4v) is 1.92. The Morgan fingerprint density at radius 3 is 2.50 bits per heavy atom. The van der Waals surface area contributed by atoms with Crippen molar-refractivity contribution in [3.8, 4) is 5.75 Å². The molecule has 0 saturated heterocycles. The molecule has 0 spiro atoms. The molecule has 0 aromatic heterocycles. The van der Waals surface area contributed by atoms with Crippen LogP contribution in [0.4, 0.5) is 4.39 Å². The molecule has 0 aliphatic heterocycles. The summed E-state index contributed by atoms with van der Waals surface area (Å²) in [5.74, 6) is -0.584. The predicted molar refractivity (Wildman–Crippen MR) is 80.5 cm³/mol. The number of hydrogen-bond donors (Lipinski definition) is 0. The van der Waals surface area contributed by atoms with Crippen LogP contribution in [0.3, 0.4) is 0 Å². The van der Waals surface area contributed by atoms with Crippen molar-refractivity contribution in [2.24, 2.45) is 0 Å². The van der Waals surface area contributed by atoms with Crippen LogP contribution in [0.2, 0.25) is 0 Å². The third-order valence-corrected chi connectivity index (χ3v) is 3.27. The molecule has 0 aliphatic rings. The van der Waals surface area contributed by atoms with Crippen molar-refractivity contribution < 1.29 is 13.9 Å². The number of ether oxygens (including phenoxy) is 1. The average Bonchev–Trinajstić information content (AvgIpc) is 2.46. The minimum absolute atomic E-state index is 0.0270. The Kier molecular flexibility index (Phi) is 4.69. The summed E-state index contributed by atoms with van der Waals surface area (Å²) >= 11 is 3.33. The van der Waals surface area contributed by atoms with Gasteiger partial charge in [-0.05, 0) is 35.9 Å². The summed E-state index contributed by atoms with van der Waals surface area (Å²) in [6.45, 7) is 0. The number of halogens is 2. The molecule has 0 fully saturated rings. The minimum atomic E-state index is -0.588. The number of allylic oxidation sites excluding steroid dienone is 1. The quantitative estimate of drug-likeness (QED) is 0.608. The van der Waals surface area contributed by atoms with Crippen LogP contribution in [-0.4, -0.2) is 12.9 Å². The molecule has 4 heteroatoms. The van der Waals surface area contributed by atoms with Crippen LogP contribution >= 0.6 is 15.9 Å². The van der Waals surface area contributed by atoms with Crippen molar-refractivity contribution in [3.63, 3.8) is 0 Å². The van der Waals surface area contributed by atoms with Gasteiger partial charge in [-0.3, -0.25) is 4.79 Å². The normalized spacial score (nSPS) is 10.8. The van der Waals surface area contributed by atoms with Gasteiger partial charge in [0.05, 0.1) is 12.7 Å². The molecule has 0 bridgehead atoms. The molecule has 2 aromatic rings. The van der Waals surface area contributed by atoms with E-state index in [0.29, 0.717) is 5.75 Å². The molecule has 0 atom stereocenters. The van der Waals surface area contributed by atoms with Gasteiger partial charge in [0.1, 0.15) is 11.6 Å². The van der Waals surface area contributed by atoms with E-state index in [1.165, 1.54) is 25.3 Å². The van der Waals surface area contributed by atoms with Gasteiger partial charge in [-0.25, -0.2) is 4.39 Å². The number of hydrogen-bond acceptors (Lipinski definition) is 2. The van der Waals surface area contributed by atoms with Crippen molar-refractivity contribution in [2.45, 2.75) is 0 Å². The first kappa shape index (κ1) is 14.5. The molecule has 2 rings (SSSR count). The zero-order valence-electron chi connectivity index (χ0n) is 10.8. The van der Waals surface area contributed by atoms with Gasteiger partial charge in [0.15, 0.2) is 5.78 Å². The molecule has 0 saturated carbocycles. The number of ketones is 1. The Labute approximate surface area is 125 Å². The number of methoxy groups -OCH3 is 1. The van der Waals surface area contributed by atoms with E-state index >= 15 is 0 Å². The first-order chi connectivity index (χ1) is 9.60.